The minimum absolute atomic E-state index is 0.0102. The SMILES string of the molecule is COc1ccc(-c2nnc(CNC(=O)c3ccccc3F)o2)cc1. The van der Waals surface area contributed by atoms with Crippen molar-refractivity contribution in [2.45, 2.75) is 6.54 Å². The third kappa shape index (κ3) is 3.40. The van der Waals surface area contributed by atoms with Crippen molar-refractivity contribution < 1.29 is 18.3 Å². The molecule has 24 heavy (non-hydrogen) atoms. The third-order valence-corrected chi connectivity index (χ3v) is 3.32. The predicted molar refractivity (Wildman–Crippen MR) is 83.9 cm³/mol. The smallest absolute Gasteiger partial charge is 0.254 e. The first-order chi connectivity index (χ1) is 11.7. The molecule has 1 heterocycles. The van der Waals surface area contributed by atoms with Gasteiger partial charge in [0.2, 0.25) is 11.8 Å². The highest BCUT2D eigenvalue weighted by Crippen LogP contribution is 2.21. The summed E-state index contributed by atoms with van der Waals surface area (Å²) in [4.78, 5) is 11.9. The molecule has 0 aliphatic carbocycles. The van der Waals surface area contributed by atoms with E-state index in [2.05, 4.69) is 15.5 Å². The van der Waals surface area contributed by atoms with Gasteiger partial charge in [-0.25, -0.2) is 4.39 Å². The second-order valence-electron chi connectivity index (χ2n) is 4.89. The maximum absolute atomic E-state index is 13.5. The van der Waals surface area contributed by atoms with Crippen LogP contribution in [-0.2, 0) is 6.54 Å². The van der Waals surface area contributed by atoms with Gasteiger partial charge >= 0.3 is 0 Å². The molecule has 1 aromatic heterocycles. The number of amides is 1. The number of rotatable bonds is 5. The zero-order chi connectivity index (χ0) is 16.9. The summed E-state index contributed by atoms with van der Waals surface area (Å²) in [6, 6.07) is 12.9. The molecule has 0 fully saturated rings. The number of nitrogens with one attached hydrogen (secondary N) is 1. The molecule has 3 rings (SSSR count). The van der Waals surface area contributed by atoms with Gasteiger partial charge in [0.05, 0.1) is 19.2 Å². The quantitative estimate of drug-likeness (QED) is 0.780. The molecule has 1 N–H and O–H groups in total. The molecule has 1 amide bonds. The van der Waals surface area contributed by atoms with E-state index in [9.17, 15) is 9.18 Å². The van der Waals surface area contributed by atoms with Crippen LogP contribution in [0.25, 0.3) is 11.5 Å². The Morgan fingerprint density at radius 1 is 1.17 bits per heavy atom. The highest BCUT2D eigenvalue weighted by Gasteiger charge is 2.13. The first kappa shape index (κ1) is 15.7. The normalized spacial score (nSPS) is 10.4. The Kier molecular flexibility index (Phi) is 4.51. The van der Waals surface area contributed by atoms with Crippen LogP contribution in [0.15, 0.2) is 52.9 Å². The molecule has 0 bridgehead atoms. The lowest BCUT2D eigenvalue weighted by Crippen LogP contribution is -2.23. The van der Waals surface area contributed by atoms with Gasteiger partial charge < -0.3 is 14.5 Å². The first-order valence-corrected chi connectivity index (χ1v) is 7.17. The number of nitrogens with zero attached hydrogens (tertiary/aromatic N) is 2. The Balaban J connectivity index is 1.66. The van der Waals surface area contributed by atoms with Gasteiger partial charge in [-0.1, -0.05) is 12.1 Å². The molecule has 6 nitrogen and oxygen atoms in total. The fourth-order valence-corrected chi connectivity index (χ4v) is 2.07. The molecule has 0 unspecified atom stereocenters. The summed E-state index contributed by atoms with van der Waals surface area (Å²) in [7, 11) is 1.58. The molecule has 122 valence electrons. The van der Waals surface area contributed by atoms with Crippen molar-refractivity contribution in [3.8, 4) is 17.2 Å². The maximum atomic E-state index is 13.5. The molecular formula is C17H14FN3O3. The van der Waals surface area contributed by atoms with Crippen molar-refractivity contribution in [1.29, 1.82) is 0 Å². The third-order valence-electron chi connectivity index (χ3n) is 3.32. The van der Waals surface area contributed by atoms with Gasteiger partial charge in [-0.3, -0.25) is 4.79 Å². The molecular weight excluding hydrogens is 313 g/mol. The molecule has 2 aromatic carbocycles. The first-order valence-electron chi connectivity index (χ1n) is 7.17. The van der Waals surface area contributed by atoms with Crippen molar-refractivity contribution in [2.24, 2.45) is 0 Å². The summed E-state index contributed by atoms with van der Waals surface area (Å²) in [6.45, 7) is 0.0102. The van der Waals surface area contributed by atoms with E-state index in [-0.39, 0.29) is 18.0 Å². The van der Waals surface area contributed by atoms with Crippen molar-refractivity contribution in [2.75, 3.05) is 7.11 Å². The summed E-state index contributed by atoms with van der Waals surface area (Å²) in [5.74, 6) is 0.144. The predicted octanol–water partition coefficient (Wildman–Crippen LogP) is 2.81. The van der Waals surface area contributed by atoms with E-state index < -0.39 is 11.7 Å². The summed E-state index contributed by atoms with van der Waals surface area (Å²) >= 11 is 0. The van der Waals surface area contributed by atoms with Crippen LogP contribution < -0.4 is 10.1 Å². The van der Waals surface area contributed by atoms with E-state index in [1.54, 1.807) is 37.4 Å². The lowest BCUT2D eigenvalue weighted by Gasteiger charge is -2.03. The molecule has 0 saturated carbocycles. The molecule has 0 saturated heterocycles. The lowest BCUT2D eigenvalue weighted by molar-refractivity contribution is 0.0943. The Bertz CT molecular complexity index is 846. The van der Waals surface area contributed by atoms with Crippen LogP contribution in [0.1, 0.15) is 16.2 Å². The van der Waals surface area contributed by atoms with Gasteiger partial charge in [0.25, 0.3) is 5.91 Å². The molecule has 0 aliphatic rings. The number of halogens is 1. The largest absolute Gasteiger partial charge is 0.497 e. The Hall–Kier alpha value is -3.22. The fraction of sp³-hybridized carbons (Fsp3) is 0.118. The van der Waals surface area contributed by atoms with Crippen LogP contribution in [0.3, 0.4) is 0 Å². The highest BCUT2D eigenvalue weighted by atomic mass is 19.1. The van der Waals surface area contributed by atoms with Gasteiger partial charge in [-0.2, -0.15) is 0 Å². The van der Waals surface area contributed by atoms with E-state index in [0.29, 0.717) is 5.89 Å². The maximum Gasteiger partial charge on any atom is 0.254 e. The number of carbonyl (C=O) groups excluding carboxylic acids is 1. The fourth-order valence-electron chi connectivity index (χ4n) is 2.07. The summed E-state index contributed by atoms with van der Waals surface area (Å²) in [6.07, 6.45) is 0. The summed E-state index contributed by atoms with van der Waals surface area (Å²) in [5, 5.41) is 10.3. The van der Waals surface area contributed by atoms with Gasteiger partial charge in [-0.15, -0.1) is 10.2 Å². The molecule has 0 spiro atoms. The van der Waals surface area contributed by atoms with Gasteiger partial charge in [0.15, 0.2) is 0 Å². The van der Waals surface area contributed by atoms with Gasteiger partial charge in [-0.05, 0) is 36.4 Å². The molecule has 0 atom stereocenters. The average molecular weight is 327 g/mol. The van der Waals surface area contributed by atoms with Crippen molar-refractivity contribution in [1.82, 2.24) is 15.5 Å². The Morgan fingerprint density at radius 3 is 2.62 bits per heavy atom. The van der Waals surface area contributed by atoms with Crippen molar-refractivity contribution >= 4 is 5.91 Å². The number of aromatic nitrogens is 2. The zero-order valence-corrected chi connectivity index (χ0v) is 12.8. The Morgan fingerprint density at radius 2 is 1.92 bits per heavy atom. The number of carbonyl (C=O) groups is 1. The van der Waals surface area contributed by atoms with Crippen LogP contribution in [-0.4, -0.2) is 23.2 Å². The molecule has 7 heteroatoms. The minimum atomic E-state index is -0.584. The summed E-state index contributed by atoms with van der Waals surface area (Å²) in [5.41, 5.74) is 0.697. The number of hydrogen-bond acceptors (Lipinski definition) is 5. The topological polar surface area (TPSA) is 77.3 Å². The number of ether oxygens (including phenoxy) is 1. The van der Waals surface area contributed by atoms with E-state index in [1.807, 2.05) is 0 Å². The van der Waals surface area contributed by atoms with Crippen LogP contribution in [0.4, 0.5) is 4.39 Å². The van der Waals surface area contributed by atoms with E-state index in [1.165, 1.54) is 18.2 Å². The monoisotopic (exact) mass is 327 g/mol. The second kappa shape index (κ2) is 6.91. The minimum Gasteiger partial charge on any atom is -0.497 e. The van der Waals surface area contributed by atoms with E-state index >= 15 is 0 Å². The van der Waals surface area contributed by atoms with E-state index in [4.69, 9.17) is 9.15 Å². The van der Waals surface area contributed by atoms with E-state index in [0.717, 1.165) is 11.3 Å². The van der Waals surface area contributed by atoms with Crippen LogP contribution in [0.2, 0.25) is 0 Å². The number of hydrogen-bond donors (Lipinski definition) is 1. The zero-order valence-electron chi connectivity index (χ0n) is 12.8. The lowest BCUT2D eigenvalue weighted by atomic mass is 10.2. The number of methoxy groups -OCH3 is 1. The van der Waals surface area contributed by atoms with Crippen LogP contribution in [0.5, 0.6) is 5.75 Å². The molecule has 3 aromatic rings. The standard InChI is InChI=1S/C17H14FN3O3/c1-23-12-8-6-11(7-9-12)17-21-20-15(24-17)10-19-16(22)13-4-2-3-5-14(13)18/h2-9H,10H2,1H3,(H,19,22). The molecule has 0 radical (unpaired) electrons. The van der Waals surface area contributed by atoms with Crippen molar-refractivity contribution in [3.63, 3.8) is 0 Å². The van der Waals surface area contributed by atoms with Gasteiger partial charge in [0.1, 0.15) is 11.6 Å². The van der Waals surface area contributed by atoms with Crippen LogP contribution in [0, 0.1) is 5.82 Å². The van der Waals surface area contributed by atoms with Crippen molar-refractivity contribution in [3.05, 3.63) is 65.8 Å². The molecule has 0 aliphatic heterocycles. The average Bonchev–Trinajstić information content (AvgIpc) is 3.09. The van der Waals surface area contributed by atoms with Gasteiger partial charge in [0, 0.05) is 5.56 Å². The number of benzene rings is 2. The summed E-state index contributed by atoms with van der Waals surface area (Å²) < 4.78 is 24.1. The Labute approximate surface area is 137 Å². The highest BCUT2D eigenvalue weighted by molar-refractivity contribution is 5.94. The second-order valence-corrected chi connectivity index (χ2v) is 4.89. The van der Waals surface area contributed by atoms with Crippen LogP contribution >= 0.6 is 0 Å².